The molecule has 27 nitrogen and oxygen atoms in total. The molecule has 12 rings (SSSR count). The molecular weight excluding hydrogens is 1740 g/mol. The first-order valence-corrected chi connectivity index (χ1v) is 36.6. The van der Waals surface area contributed by atoms with Crippen molar-refractivity contribution in [3.8, 4) is 5.75 Å². The number of esters is 3. The fraction of sp³-hybridized carbons (Fsp3) is 0.474. The molecule has 6 heterocycles. The number of methoxy groups -OCH3 is 2. The van der Waals surface area contributed by atoms with Crippen LogP contribution in [0.25, 0.3) is 0 Å². The third-order valence-corrected chi connectivity index (χ3v) is 17.5. The number of Topliss-reactive ketones (excluding diaryl/α,β-unsaturated/α-hetero) is 1. The van der Waals surface area contributed by atoms with E-state index >= 15 is 0 Å². The first kappa shape index (κ1) is 101. The number of hydrogen-bond donors (Lipinski definition) is 1. The number of aliphatic hydroxyl groups is 1. The summed E-state index contributed by atoms with van der Waals surface area (Å²) in [6.07, 6.45) is -37.7. The molecule has 6 aliphatic heterocycles. The molecular formula is C76H74F22N12O15. The van der Waals surface area contributed by atoms with Crippen LogP contribution in [-0.4, -0.2) is 162 Å². The average molecular weight is 1810 g/mol. The Morgan fingerprint density at radius 3 is 1.25 bits per heavy atom. The van der Waals surface area contributed by atoms with Gasteiger partial charge >= 0.3 is 84.2 Å². The number of alkyl halides is 22. The number of carbonyl (C=O) groups is 4. The van der Waals surface area contributed by atoms with Crippen molar-refractivity contribution in [3.63, 3.8) is 0 Å². The van der Waals surface area contributed by atoms with Crippen LogP contribution in [0.5, 0.6) is 5.75 Å². The Kier molecular flexibility index (Phi) is 34.6. The smallest absolute Gasteiger partial charge is 0.457 e. The van der Waals surface area contributed by atoms with Crippen molar-refractivity contribution < 1.29 is 168 Å². The van der Waals surface area contributed by atoms with Gasteiger partial charge in [0.15, 0.2) is 6.61 Å². The zero-order valence-electron chi connectivity index (χ0n) is 66.0. The number of azo groups is 6. The molecule has 125 heavy (non-hydrogen) atoms. The molecule has 6 aliphatic rings. The summed E-state index contributed by atoms with van der Waals surface area (Å²) in [4.78, 5) is 46.2. The summed E-state index contributed by atoms with van der Waals surface area (Å²) in [6.45, 7) is 3.52. The number of benzene rings is 6. The van der Waals surface area contributed by atoms with Gasteiger partial charge in [-0.05, 0) is 115 Å². The van der Waals surface area contributed by atoms with Gasteiger partial charge < -0.3 is 47.7 Å². The quantitative estimate of drug-likeness (QED) is 0.0190. The normalized spacial score (nSPS) is 16.3. The van der Waals surface area contributed by atoms with Crippen LogP contribution in [-0.2, 0) is 111 Å². The van der Waals surface area contributed by atoms with Crippen LogP contribution in [0.3, 0.4) is 0 Å². The Balaban J connectivity index is 0.000000216. The predicted octanol–water partition coefficient (Wildman–Crippen LogP) is 21.4. The number of carbonyl (C=O) groups excluding carboxylic acids is 4. The highest BCUT2D eigenvalue weighted by Gasteiger charge is 2.78. The van der Waals surface area contributed by atoms with Crippen molar-refractivity contribution in [2.45, 2.75) is 172 Å². The maximum absolute atomic E-state index is 14.7. The highest BCUT2D eigenvalue weighted by molar-refractivity contribution is 5.91. The van der Waals surface area contributed by atoms with Gasteiger partial charge in [-0.25, -0.2) is 9.59 Å². The lowest BCUT2D eigenvalue weighted by atomic mass is 10.0. The number of ether oxygens (including phenoxy) is 10. The molecule has 0 fully saturated rings. The van der Waals surface area contributed by atoms with Crippen molar-refractivity contribution in [2.75, 3.05) is 60.5 Å². The summed E-state index contributed by atoms with van der Waals surface area (Å²) in [5.41, 5.74) is 11.5. The summed E-state index contributed by atoms with van der Waals surface area (Å²) in [7, 11) is -0.235. The predicted molar refractivity (Wildman–Crippen MR) is 386 cm³/mol. The van der Waals surface area contributed by atoms with E-state index in [4.69, 9.17) is 18.9 Å². The molecule has 0 saturated carbocycles. The van der Waals surface area contributed by atoms with E-state index in [1.807, 2.05) is 50.2 Å². The lowest BCUT2D eigenvalue weighted by Crippen LogP contribution is -2.63. The van der Waals surface area contributed by atoms with Crippen LogP contribution in [0.1, 0.15) is 111 Å². The largest absolute Gasteiger partial charge is 0.491 e. The minimum atomic E-state index is -6.63. The maximum Gasteiger partial charge on any atom is 0.457 e. The minimum absolute atomic E-state index is 0.00553. The molecule has 0 amide bonds. The lowest BCUT2D eigenvalue weighted by Gasteiger charge is -2.37. The minimum Gasteiger partial charge on any atom is -0.491 e. The second-order valence-corrected chi connectivity index (χ2v) is 26.6. The summed E-state index contributed by atoms with van der Waals surface area (Å²) in [5.74, 6) is -32.2. The average Bonchev–Trinajstić information content (AvgIpc) is 1.42. The topological polar surface area (TPSA) is 329 Å². The fourth-order valence-electron chi connectivity index (χ4n) is 10.6. The fourth-order valence-corrected chi connectivity index (χ4v) is 10.6. The Labute approximate surface area is 693 Å². The zero-order valence-corrected chi connectivity index (χ0v) is 66.0. The molecule has 682 valence electrons. The Bertz CT molecular complexity index is 4920. The van der Waals surface area contributed by atoms with E-state index in [1.54, 1.807) is 18.2 Å². The Hall–Kier alpha value is -11.0. The van der Waals surface area contributed by atoms with Crippen LogP contribution < -0.4 is 4.74 Å². The van der Waals surface area contributed by atoms with Crippen molar-refractivity contribution in [1.82, 2.24) is 0 Å². The van der Waals surface area contributed by atoms with Gasteiger partial charge in [-0.2, -0.15) is 158 Å². The molecule has 0 aromatic heterocycles. The maximum atomic E-state index is 14.7. The molecule has 6 aromatic carbocycles. The number of halogens is 22. The Morgan fingerprint density at radius 1 is 0.424 bits per heavy atom. The summed E-state index contributed by atoms with van der Waals surface area (Å²) >= 11 is 0. The van der Waals surface area contributed by atoms with Gasteiger partial charge in [0.1, 0.15) is 38.8 Å². The molecule has 0 bridgehead atoms. The van der Waals surface area contributed by atoms with Crippen molar-refractivity contribution in [1.29, 1.82) is 0 Å². The van der Waals surface area contributed by atoms with Crippen LogP contribution in [0.4, 0.5) is 131 Å². The number of aliphatic hydroxyl groups excluding tert-OH is 1. The van der Waals surface area contributed by atoms with Crippen molar-refractivity contribution in [3.05, 3.63) is 170 Å². The van der Waals surface area contributed by atoms with Gasteiger partial charge in [-0.3, -0.25) is 14.3 Å². The summed E-state index contributed by atoms with van der Waals surface area (Å²) < 4.78 is 332. The van der Waals surface area contributed by atoms with Gasteiger partial charge in [0.05, 0.1) is 97.2 Å². The lowest BCUT2D eigenvalue weighted by molar-refractivity contribution is -0.502. The molecule has 0 radical (unpaired) electrons. The van der Waals surface area contributed by atoms with Crippen LogP contribution in [0.15, 0.2) is 171 Å². The molecule has 6 unspecified atom stereocenters. The van der Waals surface area contributed by atoms with E-state index in [9.17, 15) is 121 Å². The molecule has 0 aliphatic carbocycles. The molecule has 49 heteroatoms. The highest BCUT2D eigenvalue weighted by Crippen LogP contribution is 2.52. The van der Waals surface area contributed by atoms with Crippen molar-refractivity contribution in [2.24, 2.45) is 61.4 Å². The molecule has 6 atom stereocenters. The van der Waals surface area contributed by atoms with E-state index in [0.717, 1.165) is 94.6 Å². The van der Waals surface area contributed by atoms with E-state index in [-0.39, 0.29) is 51.1 Å². The standard InChI is InChI=1S/C18H14F12N2O4.C15H10F10N2O4.C12H14N2O3.C11H14N2O2.C10H10N2O2.C10H12N2/c1-34-13(19,16(22,23)24)7-35-14(20,17(25,26)27)8-36-15(21,18(28,29)30)12(33)5-9-2-3-11-10(4-9)6-31-32-11;1-29-12(17,14(21,22)23)15(24,25)31-11(16,13(18,19)20)6-30-10(28)7-2-3-9-8(4-7)5-26-27-9;1-2-10(15)7-17-12(16)8-3-4-11-9(5-8)6-13-14-11;1-2-14-5-6-15-10-3-4-11-9(7-10)8-12-13-11;1-7(13)14-6-8-2-3-10-9(4-8)5-11-12-10;1-2-3-8-4-5-10-9(6-8)7-11-12-10/h2-4H,5-8H2,1H3;2-4H,5-6H2,1H3;3-5,10,15H,2,6-7H2,1H3;3-4,7H,2,5-6,8H2,1H3;2-4H,5-6H2,1H3;4-6H,2-3,7H2,1H3. The third kappa shape index (κ3) is 26.8. The number of hydrogen-bond acceptors (Lipinski definition) is 27. The Morgan fingerprint density at radius 2 is 0.832 bits per heavy atom. The van der Waals surface area contributed by atoms with Gasteiger partial charge in [0.2, 0.25) is 5.78 Å². The second-order valence-electron chi connectivity index (χ2n) is 26.6. The van der Waals surface area contributed by atoms with Gasteiger partial charge in [-0.15, -0.1) is 0 Å². The van der Waals surface area contributed by atoms with E-state index < -0.39 is 122 Å². The molecule has 0 spiro atoms. The van der Waals surface area contributed by atoms with E-state index in [0.29, 0.717) is 68.3 Å². The first-order valence-electron chi connectivity index (χ1n) is 36.6. The SMILES string of the molecule is CC(=O)OCc1ccc2c(c1)CN=N2.CCC(O)COC(=O)c1ccc2c(c1)CN=N2.CCCc1ccc2c(c1)CN=N2.CCOCCOc1ccc2c(c1)CN=N2.COC(F)(C(F)(F)F)C(F)(F)OC(F)(COC(=O)c1ccc2c(c1)CN=N2)C(F)(F)F.COC(F)(COC(F)(COC(F)(C(=O)Cc1ccc2c(c1)CN=N2)C(F)(F)F)C(F)(F)F)C(F)(F)F. The molecule has 0 saturated heterocycles. The van der Waals surface area contributed by atoms with Crippen LogP contribution in [0, 0.1) is 0 Å². The number of rotatable bonds is 30. The van der Waals surface area contributed by atoms with Gasteiger partial charge in [-0.1, -0.05) is 50.6 Å². The van der Waals surface area contributed by atoms with Crippen LogP contribution >= 0.6 is 0 Å². The summed E-state index contributed by atoms with van der Waals surface area (Å²) in [6, 6.07) is 29.7. The monoisotopic (exact) mass is 1810 g/mol. The van der Waals surface area contributed by atoms with Gasteiger partial charge in [0, 0.05) is 67.6 Å². The van der Waals surface area contributed by atoms with E-state index in [1.165, 1.54) is 36.6 Å². The van der Waals surface area contributed by atoms with E-state index in [2.05, 4.69) is 115 Å². The molecule has 6 aromatic rings. The summed E-state index contributed by atoms with van der Waals surface area (Å²) in [5, 5.41) is 55.3. The number of aryl methyl sites for hydroxylation is 1. The number of fused-ring (bicyclic) bond motifs is 6. The number of ketones is 1. The third-order valence-electron chi connectivity index (χ3n) is 17.5. The van der Waals surface area contributed by atoms with Crippen LogP contribution in [0.2, 0.25) is 0 Å². The first-order chi connectivity index (χ1) is 58.4. The van der Waals surface area contributed by atoms with Crippen molar-refractivity contribution >= 4 is 57.8 Å². The highest BCUT2D eigenvalue weighted by atomic mass is 19.4. The zero-order chi connectivity index (χ0) is 92.8. The second kappa shape index (κ2) is 42.8. The van der Waals surface area contributed by atoms with Gasteiger partial charge in [0.25, 0.3) is 0 Å². The number of nitrogens with zero attached hydrogens (tertiary/aromatic N) is 12. The molecule has 1 N–H and O–H groups in total.